The Labute approximate surface area is 378 Å². The van der Waals surface area contributed by atoms with E-state index >= 15 is 9.59 Å². The van der Waals surface area contributed by atoms with Crippen LogP contribution in [-0.4, -0.2) is 109 Å². The average molecular weight is 876 g/mol. The number of epoxide rings is 1. The lowest BCUT2D eigenvalue weighted by Gasteiger charge is -2.35. The molecule has 64 heavy (non-hydrogen) atoms. The monoisotopic (exact) mass is 875 g/mol. The van der Waals surface area contributed by atoms with Gasteiger partial charge in [0.2, 0.25) is 11.8 Å². The number of ether oxygens (including phenoxy) is 3. The number of nitrogens with zero attached hydrogens (tertiary/aromatic N) is 2. The largest absolute Gasteiger partial charge is 0.441 e. The Balaban J connectivity index is 1.50. The maximum atomic E-state index is 15.2. The summed E-state index contributed by atoms with van der Waals surface area (Å²) in [5.41, 5.74) is 1.46. The molecule has 3 aromatic carbocycles. The number of nitrogens with one attached hydrogen (secondary N) is 1. The Morgan fingerprint density at radius 2 is 1.48 bits per heavy atom. The zero-order valence-electron chi connectivity index (χ0n) is 38.1. The van der Waals surface area contributed by atoms with Crippen molar-refractivity contribution < 1.29 is 43.0 Å². The van der Waals surface area contributed by atoms with Gasteiger partial charge in [-0.15, -0.1) is 6.42 Å². The molecule has 2 saturated heterocycles. The number of hydrogen-bond acceptors (Lipinski definition) is 10. The van der Waals surface area contributed by atoms with Crippen LogP contribution in [0.5, 0.6) is 0 Å². The number of terminal acetylenes is 1. The van der Waals surface area contributed by atoms with Gasteiger partial charge in [0.05, 0.1) is 44.0 Å². The third-order valence-corrected chi connectivity index (χ3v) is 11.9. The van der Waals surface area contributed by atoms with E-state index in [1.54, 1.807) is 25.1 Å². The lowest BCUT2D eigenvalue weighted by atomic mass is 9.86. The third-order valence-electron chi connectivity index (χ3n) is 11.9. The average Bonchev–Trinajstić information content (AvgIpc) is 4.05. The van der Waals surface area contributed by atoms with E-state index in [0.29, 0.717) is 51.1 Å². The van der Waals surface area contributed by atoms with Crippen LogP contribution in [0.15, 0.2) is 84.9 Å². The maximum Gasteiger partial charge on any atom is 0.339 e. The minimum atomic E-state index is -1.14. The number of morpholine rings is 1. The summed E-state index contributed by atoms with van der Waals surface area (Å²) in [5, 5.41) is 2.99. The van der Waals surface area contributed by atoms with Gasteiger partial charge in [-0.2, -0.15) is 0 Å². The van der Waals surface area contributed by atoms with Crippen LogP contribution in [0.3, 0.4) is 0 Å². The van der Waals surface area contributed by atoms with E-state index in [-0.39, 0.29) is 67.8 Å². The van der Waals surface area contributed by atoms with E-state index in [2.05, 4.69) is 11.2 Å². The van der Waals surface area contributed by atoms with Crippen LogP contribution in [0.4, 0.5) is 0 Å². The first-order chi connectivity index (χ1) is 30.6. The molecule has 1 N–H and O–H groups in total. The van der Waals surface area contributed by atoms with Gasteiger partial charge in [0.15, 0.2) is 18.3 Å². The molecule has 12 nitrogen and oxygen atoms in total. The highest BCUT2D eigenvalue weighted by Gasteiger charge is 2.50. The van der Waals surface area contributed by atoms with Crippen LogP contribution >= 0.6 is 0 Å². The highest BCUT2D eigenvalue weighted by Crippen LogP contribution is 2.31. The number of benzene rings is 3. The molecule has 0 spiro atoms. The predicted molar refractivity (Wildman–Crippen MR) is 244 cm³/mol. The van der Waals surface area contributed by atoms with Gasteiger partial charge in [-0.1, -0.05) is 100 Å². The van der Waals surface area contributed by atoms with E-state index in [9.17, 15) is 19.2 Å². The molecule has 2 aliphatic heterocycles. The molecule has 2 aliphatic rings. The number of rotatable bonds is 25. The van der Waals surface area contributed by atoms with E-state index in [0.717, 1.165) is 11.1 Å². The number of esters is 1. The van der Waals surface area contributed by atoms with Crippen molar-refractivity contribution in [3.05, 3.63) is 107 Å². The lowest BCUT2D eigenvalue weighted by molar-refractivity contribution is -0.150. The number of ketones is 3. The number of aryl methyl sites for hydroxylation is 1. The van der Waals surface area contributed by atoms with Crippen LogP contribution in [0.25, 0.3) is 0 Å². The minimum absolute atomic E-state index is 0.0770. The van der Waals surface area contributed by atoms with Gasteiger partial charge in [-0.05, 0) is 80.2 Å². The topological polar surface area (TPSA) is 152 Å². The summed E-state index contributed by atoms with van der Waals surface area (Å²) in [7, 11) is 0. The maximum absolute atomic E-state index is 15.2. The van der Waals surface area contributed by atoms with Gasteiger partial charge in [-0.3, -0.25) is 33.8 Å². The number of carbonyl (C=O) groups is 6. The zero-order valence-corrected chi connectivity index (χ0v) is 38.1. The lowest BCUT2D eigenvalue weighted by Crippen LogP contribution is -2.52. The Bertz CT molecular complexity index is 2090. The second kappa shape index (κ2) is 24.0. The van der Waals surface area contributed by atoms with Crippen molar-refractivity contribution >= 4 is 35.1 Å². The van der Waals surface area contributed by atoms with Gasteiger partial charge in [0.1, 0.15) is 11.4 Å². The summed E-state index contributed by atoms with van der Waals surface area (Å²) >= 11 is 0. The molecule has 342 valence electrons. The normalized spacial score (nSPS) is 18.0. The van der Waals surface area contributed by atoms with E-state index in [1.165, 1.54) is 11.0 Å². The smallest absolute Gasteiger partial charge is 0.339 e. The van der Waals surface area contributed by atoms with Crippen molar-refractivity contribution in [2.24, 2.45) is 23.7 Å². The molecule has 12 heteroatoms. The second-order valence-corrected chi connectivity index (χ2v) is 18.2. The summed E-state index contributed by atoms with van der Waals surface area (Å²) in [6, 6.07) is 23.4. The Hall–Kier alpha value is -5.48. The first-order valence-electron chi connectivity index (χ1n) is 22.6. The Kier molecular flexibility index (Phi) is 18.6. The van der Waals surface area contributed by atoms with Gasteiger partial charge in [0, 0.05) is 43.3 Å². The Morgan fingerprint density at radius 3 is 2.09 bits per heavy atom. The third kappa shape index (κ3) is 15.1. The van der Waals surface area contributed by atoms with Crippen molar-refractivity contribution in [3.8, 4) is 12.3 Å². The van der Waals surface area contributed by atoms with Gasteiger partial charge in [0.25, 0.3) is 0 Å². The van der Waals surface area contributed by atoms with Crippen molar-refractivity contribution in [2.75, 3.05) is 46.2 Å². The van der Waals surface area contributed by atoms with E-state index in [4.69, 9.17) is 20.6 Å². The zero-order chi connectivity index (χ0) is 46.2. The summed E-state index contributed by atoms with van der Waals surface area (Å²) in [4.78, 5) is 89.2. The quantitative estimate of drug-likeness (QED) is 0.0446. The number of amides is 2. The summed E-state index contributed by atoms with van der Waals surface area (Å²) in [6.07, 6.45) is 6.79. The first-order valence-corrected chi connectivity index (χ1v) is 22.6. The summed E-state index contributed by atoms with van der Waals surface area (Å²) in [5.74, 6) is -1.77. The standard InChI is InChI=1S/C52H65N3O9/c1-7-38-19-14-20-42(29-38)51(61)63-35-55(50(60)41(22-21-39-15-10-8-11-16-39)31-44(56)33-54-23-25-62-26-24-54)46(28-37(4)5)47(57)32-43(30-40-17-12-9-13-18-40)49(59)53-45(27-36(2)3)48(58)52(6)34-64-52/h1,8-20,29,36-37,41,43,45-46H,21-28,30-35H2,2-6H3,(H,53,59)/t41-,43-,45+,46+,52-/m1/s1. The predicted octanol–water partition coefficient (Wildman–Crippen LogP) is 6.27. The summed E-state index contributed by atoms with van der Waals surface area (Å²) < 4.78 is 16.8. The highest BCUT2D eigenvalue weighted by atomic mass is 16.6. The molecule has 0 bridgehead atoms. The molecule has 5 rings (SSSR count). The Morgan fingerprint density at radius 1 is 0.844 bits per heavy atom. The first kappa shape index (κ1) is 49.5. The molecular formula is C52H65N3O9. The van der Waals surface area contributed by atoms with Crippen molar-refractivity contribution in [1.82, 2.24) is 15.1 Å². The van der Waals surface area contributed by atoms with Gasteiger partial charge < -0.3 is 19.5 Å². The molecule has 2 heterocycles. The fraction of sp³-hybridized carbons (Fsp3) is 0.500. The molecule has 2 amide bonds. The molecule has 3 aromatic rings. The van der Waals surface area contributed by atoms with Gasteiger partial charge in [-0.25, -0.2) is 4.79 Å². The molecular weight excluding hydrogens is 811 g/mol. The number of hydrogen-bond donors (Lipinski definition) is 1. The molecule has 0 unspecified atom stereocenters. The van der Waals surface area contributed by atoms with Crippen LogP contribution in [0.2, 0.25) is 0 Å². The molecule has 0 aliphatic carbocycles. The number of carbonyl (C=O) groups excluding carboxylic acids is 6. The fourth-order valence-corrected chi connectivity index (χ4v) is 8.16. The van der Waals surface area contributed by atoms with Crippen LogP contribution in [0, 0.1) is 36.0 Å². The molecule has 0 saturated carbocycles. The molecule has 0 radical (unpaired) electrons. The molecule has 5 atom stereocenters. The van der Waals surface area contributed by atoms with E-state index in [1.807, 2.05) is 93.3 Å². The summed E-state index contributed by atoms with van der Waals surface area (Å²) in [6.45, 7) is 11.6. The molecule has 0 aromatic heterocycles. The van der Waals surface area contributed by atoms with Crippen molar-refractivity contribution in [1.29, 1.82) is 0 Å². The molecule has 2 fully saturated rings. The van der Waals surface area contributed by atoms with Crippen LogP contribution in [-0.2, 0) is 51.0 Å². The fourth-order valence-electron chi connectivity index (χ4n) is 8.16. The highest BCUT2D eigenvalue weighted by molar-refractivity contribution is 5.98. The van der Waals surface area contributed by atoms with Crippen molar-refractivity contribution in [2.45, 2.75) is 97.2 Å². The minimum Gasteiger partial charge on any atom is -0.441 e. The van der Waals surface area contributed by atoms with Crippen LogP contribution in [0.1, 0.15) is 93.8 Å². The SMILES string of the molecule is C#Cc1cccc(C(=O)OCN(C(=O)[C@H](CCc2ccccc2)CC(=O)CN2CCOCC2)[C@@H](CC(C)C)C(=O)C[C@@H](Cc2ccccc2)C(=O)N[C@@H](CC(C)C)C(=O)[C@@]2(C)CO2)c1. The van der Waals surface area contributed by atoms with E-state index < -0.39 is 59.8 Å². The second-order valence-electron chi connectivity index (χ2n) is 18.2. The number of Topliss-reactive ketones (excluding diaryl/α,β-unsaturated/α-hetero) is 3. The van der Waals surface area contributed by atoms with Crippen LogP contribution < -0.4 is 5.32 Å². The van der Waals surface area contributed by atoms with Gasteiger partial charge >= 0.3 is 5.97 Å². The van der Waals surface area contributed by atoms with Crippen molar-refractivity contribution in [3.63, 3.8) is 0 Å².